The largest absolute Gasteiger partial charge is 0.488 e. The Morgan fingerprint density at radius 1 is 1.54 bits per heavy atom. The predicted octanol–water partition coefficient (Wildman–Crippen LogP) is 1.70. The lowest BCUT2D eigenvalue weighted by atomic mass is 10.0. The van der Waals surface area contributed by atoms with Crippen LogP contribution in [0.15, 0.2) is 11.4 Å². The number of nitrogens with one attached hydrogen (secondary N) is 1. The molecule has 1 aliphatic rings. The van der Waals surface area contributed by atoms with Gasteiger partial charge in [-0.2, -0.15) is 0 Å². The van der Waals surface area contributed by atoms with E-state index in [0.717, 1.165) is 17.5 Å². The van der Waals surface area contributed by atoms with Crippen molar-refractivity contribution in [3.63, 3.8) is 0 Å². The Labute approximate surface area is 143 Å². The number of aromatic nitrogens is 1. The second-order valence-corrected chi connectivity index (χ2v) is 6.62. The number of primary amides is 1. The molecule has 1 fully saturated rings. The number of ether oxygens (including phenoxy) is 2. The minimum absolute atomic E-state index is 0.00388. The van der Waals surface area contributed by atoms with Gasteiger partial charge in [0, 0.05) is 11.3 Å². The lowest BCUT2D eigenvalue weighted by molar-refractivity contribution is -0.122. The van der Waals surface area contributed by atoms with Crippen LogP contribution in [0.4, 0.5) is 0 Å². The number of pyridine rings is 1. The first-order chi connectivity index (χ1) is 11.5. The van der Waals surface area contributed by atoms with E-state index in [1.165, 1.54) is 18.4 Å². The molecule has 0 aromatic carbocycles. The van der Waals surface area contributed by atoms with E-state index in [9.17, 15) is 9.59 Å². The van der Waals surface area contributed by atoms with E-state index in [4.69, 9.17) is 15.2 Å². The number of hydrogen-bond donors (Lipinski definition) is 2. The molecule has 0 aliphatic carbocycles. The number of amides is 2. The van der Waals surface area contributed by atoms with Gasteiger partial charge in [0.15, 0.2) is 5.75 Å². The SMILES string of the molecule is CCC1C[C@@H](COc2csc3cc(C(N)=O)c(OC)nc23)NC1=O. The number of nitrogens with two attached hydrogens (primary N) is 1. The molecular formula is C16H19N3O4S. The van der Waals surface area contributed by atoms with Crippen LogP contribution >= 0.6 is 11.3 Å². The van der Waals surface area contributed by atoms with Gasteiger partial charge >= 0.3 is 0 Å². The van der Waals surface area contributed by atoms with Crippen LogP contribution < -0.4 is 20.5 Å². The first kappa shape index (κ1) is 16.5. The lowest BCUT2D eigenvalue weighted by Gasteiger charge is -2.11. The van der Waals surface area contributed by atoms with Gasteiger partial charge in [0.2, 0.25) is 11.8 Å². The molecule has 0 saturated carbocycles. The van der Waals surface area contributed by atoms with E-state index in [-0.39, 0.29) is 29.3 Å². The Hall–Kier alpha value is -2.35. The van der Waals surface area contributed by atoms with Crippen molar-refractivity contribution >= 4 is 33.4 Å². The van der Waals surface area contributed by atoms with Crippen LogP contribution in [0, 0.1) is 5.92 Å². The quantitative estimate of drug-likeness (QED) is 0.826. The summed E-state index contributed by atoms with van der Waals surface area (Å²) >= 11 is 1.41. The fraction of sp³-hybridized carbons (Fsp3) is 0.438. The Kier molecular flexibility index (Phi) is 4.57. The summed E-state index contributed by atoms with van der Waals surface area (Å²) in [6, 6.07) is 1.66. The number of carbonyl (C=O) groups excluding carboxylic acids is 2. The zero-order valence-electron chi connectivity index (χ0n) is 13.5. The highest BCUT2D eigenvalue weighted by atomic mass is 32.1. The maximum atomic E-state index is 11.7. The van der Waals surface area contributed by atoms with Crippen molar-refractivity contribution in [2.24, 2.45) is 11.7 Å². The molecule has 8 heteroatoms. The van der Waals surface area contributed by atoms with Crippen molar-refractivity contribution in [2.75, 3.05) is 13.7 Å². The van der Waals surface area contributed by atoms with Gasteiger partial charge in [-0.05, 0) is 18.9 Å². The van der Waals surface area contributed by atoms with E-state index in [1.807, 2.05) is 12.3 Å². The third-order valence-corrected chi connectivity index (χ3v) is 5.05. The standard InChI is InChI=1S/C16H19N3O4S/c1-3-8-4-9(18-15(8)21)6-23-11-7-24-12-5-10(14(17)20)16(22-2)19-13(11)12/h5,7-9H,3-4,6H2,1-2H3,(H2,17,20)(H,18,21)/t8?,9-/m0/s1. The molecule has 2 aromatic rings. The van der Waals surface area contributed by atoms with E-state index in [2.05, 4.69) is 10.3 Å². The summed E-state index contributed by atoms with van der Waals surface area (Å²) in [5.41, 5.74) is 6.21. The van der Waals surface area contributed by atoms with Gasteiger partial charge < -0.3 is 20.5 Å². The molecule has 2 amide bonds. The van der Waals surface area contributed by atoms with Crippen LogP contribution in [-0.4, -0.2) is 36.6 Å². The van der Waals surface area contributed by atoms with E-state index in [0.29, 0.717) is 17.9 Å². The van der Waals surface area contributed by atoms with Gasteiger partial charge in [-0.3, -0.25) is 9.59 Å². The second-order valence-electron chi connectivity index (χ2n) is 5.71. The number of nitrogens with zero attached hydrogens (tertiary/aromatic N) is 1. The number of hydrogen-bond acceptors (Lipinski definition) is 6. The van der Waals surface area contributed by atoms with Crippen LogP contribution in [0.25, 0.3) is 10.2 Å². The topological polar surface area (TPSA) is 104 Å². The number of rotatable bonds is 6. The van der Waals surface area contributed by atoms with Gasteiger partial charge in [-0.15, -0.1) is 11.3 Å². The van der Waals surface area contributed by atoms with Crippen molar-refractivity contribution < 1.29 is 19.1 Å². The summed E-state index contributed by atoms with van der Waals surface area (Å²) in [6.45, 7) is 2.39. The fourth-order valence-electron chi connectivity index (χ4n) is 2.83. The van der Waals surface area contributed by atoms with Crippen molar-refractivity contribution in [3.05, 3.63) is 17.0 Å². The molecule has 0 radical (unpaired) electrons. The number of methoxy groups -OCH3 is 1. The Bertz CT molecular complexity index is 789. The highest BCUT2D eigenvalue weighted by Crippen LogP contribution is 2.34. The van der Waals surface area contributed by atoms with Crippen LogP contribution in [0.3, 0.4) is 0 Å². The zero-order valence-corrected chi connectivity index (χ0v) is 14.3. The fourth-order valence-corrected chi connectivity index (χ4v) is 3.69. The summed E-state index contributed by atoms with van der Waals surface area (Å²) in [6.07, 6.45) is 1.61. The Balaban J connectivity index is 1.78. The van der Waals surface area contributed by atoms with E-state index in [1.54, 1.807) is 6.07 Å². The Morgan fingerprint density at radius 3 is 2.96 bits per heavy atom. The van der Waals surface area contributed by atoms with Gasteiger partial charge in [0.25, 0.3) is 5.91 Å². The molecule has 24 heavy (non-hydrogen) atoms. The molecule has 1 saturated heterocycles. The maximum Gasteiger partial charge on any atom is 0.254 e. The summed E-state index contributed by atoms with van der Waals surface area (Å²) < 4.78 is 11.8. The smallest absolute Gasteiger partial charge is 0.254 e. The molecule has 1 aliphatic heterocycles. The van der Waals surface area contributed by atoms with Crippen molar-refractivity contribution in [3.8, 4) is 11.6 Å². The van der Waals surface area contributed by atoms with Crippen LogP contribution in [0.5, 0.6) is 11.6 Å². The summed E-state index contributed by atoms with van der Waals surface area (Å²) in [5, 5.41) is 4.77. The first-order valence-electron chi connectivity index (χ1n) is 7.72. The predicted molar refractivity (Wildman–Crippen MR) is 90.5 cm³/mol. The molecule has 1 unspecified atom stereocenters. The summed E-state index contributed by atoms with van der Waals surface area (Å²) in [4.78, 5) is 27.5. The average molecular weight is 349 g/mol. The number of carbonyl (C=O) groups is 2. The molecule has 2 aromatic heterocycles. The molecule has 3 rings (SSSR count). The minimum Gasteiger partial charge on any atom is -0.488 e. The number of thiophene rings is 1. The molecule has 2 atom stereocenters. The highest BCUT2D eigenvalue weighted by molar-refractivity contribution is 7.17. The molecule has 7 nitrogen and oxygen atoms in total. The van der Waals surface area contributed by atoms with E-state index >= 15 is 0 Å². The van der Waals surface area contributed by atoms with Gasteiger partial charge in [-0.1, -0.05) is 6.92 Å². The highest BCUT2D eigenvalue weighted by Gasteiger charge is 2.31. The molecule has 128 valence electrons. The first-order valence-corrected chi connectivity index (χ1v) is 8.60. The second kappa shape index (κ2) is 6.64. The minimum atomic E-state index is -0.587. The summed E-state index contributed by atoms with van der Waals surface area (Å²) in [5.74, 6) is 0.356. The van der Waals surface area contributed by atoms with Crippen molar-refractivity contribution in [2.45, 2.75) is 25.8 Å². The summed E-state index contributed by atoms with van der Waals surface area (Å²) in [7, 11) is 1.44. The molecule has 0 bridgehead atoms. The van der Waals surface area contributed by atoms with Gasteiger partial charge in [0.05, 0.1) is 17.9 Å². The Morgan fingerprint density at radius 2 is 2.33 bits per heavy atom. The molecule has 3 heterocycles. The normalized spacial score (nSPS) is 20.2. The van der Waals surface area contributed by atoms with Crippen LogP contribution in [-0.2, 0) is 4.79 Å². The van der Waals surface area contributed by atoms with Crippen LogP contribution in [0.2, 0.25) is 0 Å². The number of fused-ring (bicyclic) bond motifs is 1. The van der Waals surface area contributed by atoms with Crippen molar-refractivity contribution in [1.29, 1.82) is 0 Å². The molecule has 3 N–H and O–H groups in total. The lowest BCUT2D eigenvalue weighted by Crippen LogP contribution is -2.31. The van der Waals surface area contributed by atoms with Gasteiger partial charge in [0.1, 0.15) is 17.7 Å². The third-order valence-electron chi connectivity index (χ3n) is 4.16. The van der Waals surface area contributed by atoms with E-state index < -0.39 is 5.91 Å². The maximum absolute atomic E-state index is 11.7. The third kappa shape index (κ3) is 3.01. The van der Waals surface area contributed by atoms with Gasteiger partial charge in [-0.25, -0.2) is 4.98 Å². The molecular weight excluding hydrogens is 330 g/mol. The molecule has 0 spiro atoms. The zero-order chi connectivity index (χ0) is 17.3. The van der Waals surface area contributed by atoms with Crippen molar-refractivity contribution in [1.82, 2.24) is 10.3 Å². The average Bonchev–Trinajstić information content (AvgIpc) is 3.13. The monoisotopic (exact) mass is 349 g/mol. The van der Waals surface area contributed by atoms with Crippen LogP contribution in [0.1, 0.15) is 30.1 Å².